The number of hydrogen-bond acceptors (Lipinski definition) is 5. The van der Waals surface area contributed by atoms with Crippen LogP contribution in [-0.2, 0) is 29.8 Å². The molecule has 0 bridgehead atoms. The standard InChI is InChI=1S/C31H31F9N2O5S/c1-2-14-41-17-24-28(48(46,47)21-6-4-20(32)5-7-21,13-15-42(24)26(45)27(33)11-9-18(10-12-27)25(43)44)22-8-3-19(16-23(22)41)29(34,30(35,36)37)31(38,39)40/h3-8,16,18,24H,2,9-15,17H2,1H3,(H,43,44)/t18-,24?,27+,28?. The Balaban J connectivity index is 1.72. The van der Waals surface area contributed by atoms with Crippen molar-refractivity contribution < 1.29 is 62.6 Å². The number of benzene rings is 2. The highest BCUT2D eigenvalue weighted by Crippen LogP contribution is 2.58. The smallest absolute Gasteiger partial charge is 0.435 e. The van der Waals surface area contributed by atoms with E-state index < -0.39 is 116 Å². The predicted octanol–water partition coefficient (Wildman–Crippen LogP) is 6.60. The fourth-order valence-corrected chi connectivity index (χ4v) is 9.68. The van der Waals surface area contributed by atoms with E-state index in [1.807, 2.05) is 0 Å². The fraction of sp³-hybridized carbons (Fsp3) is 0.548. The summed E-state index contributed by atoms with van der Waals surface area (Å²) in [5, 5.41) is 9.33. The van der Waals surface area contributed by atoms with Crippen molar-refractivity contribution in [2.45, 2.75) is 84.8 Å². The third-order valence-corrected chi connectivity index (χ3v) is 12.4. The van der Waals surface area contributed by atoms with Crippen LogP contribution in [-0.4, -0.2) is 74.0 Å². The van der Waals surface area contributed by atoms with Gasteiger partial charge in [-0.2, -0.15) is 26.3 Å². The average Bonchev–Trinajstić information content (AvgIpc) is 3.40. The van der Waals surface area contributed by atoms with Gasteiger partial charge in [0.05, 0.1) is 16.9 Å². The van der Waals surface area contributed by atoms with E-state index in [4.69, 9.17) is 0 Å². The molecule has 0 radical (unpaired) electrons. The number of likely N-dealkylation sites (tertiary alicyclic amines) is 1. The second-order valence-corrected chi connectivity index (χ2v) is 14.7. The van der Waals surface area contributed by atoms with Gasteiger partial charge in [0.25, 0.3) is 5.91 Å². The number of alkyl halides is 8. The minimum atomic E-state index is -6.45. The van der Waals surface area contributed by atoms with Crippen LogP contribution in [0.1, 0.15) is 56.6 Å². The van der Waals surface area contributed by atoms with Crippen molar-refractivity contribution in [1.29, 1.82) is 0 Å². The zero-order chi connectivity index (χ0) is 35.7. The summed E-state index contributed by atoms with van der Waals surface area (Å²) < 4.78 is 155. The highest BCUT2D eigenvalue weighted by molar-refractivity contribution is 7.92. The van der Waals surface area contributed by atoms with E-state index in [0.29, 0.717) is 12.1 Å². The normalized spacial score (nSPS) is 26.6. The Labute approximate surface area is 269 Å². The van der Waals surface area contributed by atoms with Crippen molar-refractivity contribution in [3.05, 3.63) is 59.4 Å². The Morgan fingerprint density at radius 2 is 1.52 bits per heavy atom. The summed E-state index contributed by atoms with van der Waals surface area (Å²) >= 11 is 0. The molecular formula is C31H31F9N2O5S. The lowest BCUT2D eigenvalue weighted by molar-refractivity contribution is -0.348. The number of carbonyl (C=O) groups is 2. The summed E-state index contributed by atoms with van der Waals surface area (Å²) in [6, 6.07) is 3.23. The molecule has 1 aliphatic carbocycles. The summed E-state index contributed by atoms with van der Waals surface area (Å²) in [5.41, 5.74) is -11.0. The van der Waals surface area contributed by atoms with Gasteiger partial charge in [-0.05, 0) is 74.4 Å². The molecule has 5 rings (SSSR count). The second-order valence-electron chi connectivity index (χ2n) is 12.5. The number of rotatable bonds is 7. The van der Waals surface area contributed by atoms with Gasteiger partial charge in [0.15, 0.2) is 15.5 Å². The number of nitrogens with zero attached hydrogens (tertiary/aromatic N) is 2. The molecule has 48 heavy (non-hydrogen) atoms. The first-order valence-corrected chi connectivity index (χ1v) is 16.6. The minimum Gasteiger partial charge on any atom is -0.481 e. The average molecular weight is 715 g/mol. The maximum absolute atomic E-state index is 16.3. The molecule has 1 saturated heterocycles. The van der Waals surface area contributed by atoms with Crippen LogP contribution >= 0.6 is 0 Å². The van der Waals surface area contributed by atoms with Crippen LogP contribution in [0.15, 0.2) is 47.4 Å². The topological polar surface area (TPSA) is 95.0 Å². The van der Waals surface area contributed by atoms with Crippen molar-refractivity contribution in [3.8, 4) is 0 Å². The molecule has 1 saturated carbocycles. The Kier molecular flexibility index (Phi) is 8.82. The van der Waals surface area contributed by atoms with Crippen LogP contribution < -0.4 is 4.90 Å². The number of anilines is 1. The van der Waals surface area contributed by atoms with Gasteiger partial charge in [0.1, 0.15) is 10.6 Å². The summed E-state index contributed by atoms with van der Waals surface area (Å²) in [6.45, 7) is 0.624. The van der Waals surface area contributed by atoms with Crippen molar-refractivity contribution in [2.24, 2.45) is 5.92 Å². The SMILES string of the molecule is CCCN1CC2N(C(=O)[C@]3(F)CC[C@@H](C(=O)O)CC3)CCC2(S(=O)(=O)c2ccc(F)cc2)c2ccc(C(F)(C(F)(F)F)C(F)(F)F)cc21. The number of amides is 1. The molecule has 2 fully saturated rings. The highest BCUT2D eigenvalue weighted by Gasteiger charge is 2.74. The number of halogens is 9. The van der Waals surface area contributed by atoms with Gasteiger partial charge >= 0.3 is 24.0 Å². The number of carbonyl (C=O) groups excluding carboxylic acids is 1. The zero-order valence-corrected chi connectivity index (χ0v) is 26.2. The minimum absolute atomic E-state index is 0.0833. The molecule has 2 heterocycles. The Hall–Kier alpha value is -3.50. The lowest BCUT2D eigenvalue weighted by atomic mass is 9.78. The van der Waals surface area contributed by atoms with Crippen LogP contribution in [0.5, 0.6) is 0 Å². The second kappa shape index (κ2) is 11.8. The van der Waals surface area contributed by atoms with Gasteiger partial charge < -0.3 is 14.9 Å². The Morgan fingerprint density at radius 3 is 2.04 bits per heavy atom. The lowest BCUT2D eigenvalue weighted by Crippen LogP contribution is -2.61. The van der Waals surface area contributed by atoms with E-state index in [9.17, 15) is 53.8 Å². The first-order chi connectivity index (χ1) is 22.2. The van der Waals surface area contributed by atoms with Crippen LogP contribution in [0.4, 0.5) is 45.2 Å². The molecule has 17 heteroatoms. The molecule has 2 aromatic rings. The third kappa shape index (κ3) is 5.30. The first-order valence-electron chi connectivity index (χ1n) is 15.1. The number of carboxylic acid groups (broad SMARTS) is 1. The van der Waals surface area contributed by atoms with Crippen molar-refractivity contribution in [3.63, 3.8) is 0 Å². The summed E-state index contributed by atoms with van der Waals surface area (Å²) in [7, 11) is -4.80. The molecule has 0 aromatic heterocycles. The van der Waals surface area contributed by atoms with Crippen LogP contribution in [0.3, 0.4) is 0 Å². The summed E-state index contributed by atoms with van der Waals surface area (Å²) in [4.78, 5) is 27.1. The van der Waals surface area contributed by atoms with Crippen molar-refractivity contribution in [2.75, 3.05) is 24.5 Å². The maximum atomic E-state index is 16.3. The van der Waals surface area contributed by atoms with E-state index in [2.05, 4.69) is 0 Å². The number of sulfone groups is 1. The van der Waals surface area contributed by atoms with Crippen LogP contribution in [0, 0.1) is 11.7 Å². The quantitative estimate of drug-likeness (QED) is 0.257. The lowest BCUT2D eigenvalue weighted by Gasteiger charge is -2.48. The largest absolute Gasteiger partial charge is 0.481 e. The molecule has 1 amide bonds. The molecule has 1 N–H and O–H groups in total. The van der Waals surface area contributed by atoms with E-state index in [-0.39, 0.29) is 37.4 Å². The van der Waals surface area contributed by atoms with Gasteiger partial charge in [-0.15, -0.1) is 0 Å². The molecule has 0 spiro atoms. The van der Waals surface area contributed by atoms with Crippen LogP contribution in [0.2, 0.25) is 0 Å². The molecule has 7 nitrogen and oxygen atoms in total. The van der Waals surface area contributed by atoms with Gasteiger partial charge in [-0.3, -0.25) is 9.59 Å². The molecular weight excluding hydrogens is 683 g/mol. The van der Waals surface area contributed by atoms with E-state index in [0.717, 1.165) is 29.2 Å². The summed E-state index contributed by atoms with van der Waals surface area (Å²) in [5.74, 6) is -4.00. The van der Waals surface area contributed by atoms with E-state index in [1.54, 1.807) is 6.92 Å². The molecule has 2 atom stereocenters. The molecule has 264 valence electrons. The third-order valence-electron chi connectivity index (χ3n) is 9.87. The first kappa shape index (κ1) is 35.8. The van der Waals surface area contributed by atoms with Crippen molar-refractivity contribution in [1.82, 2.24) is 4.90 Å². The maximum Gasteiger partial charge on any atom is 0.435 e. The van der Waals surface area contributed by atoms with Gasteiger partial charge in [-0.25, -0.2) is 21.6 Å². The predicted molar refractivity (Wildman–Crippen MR) is 153 cm³/mol. The molecule has 2 aliphatic heterocycles. The Bertz CT molecular complexity index is 1680. The number of fused-ring (bicyclic) bond motifs is 3. The van der Waals surface area contributed by atoms with E-state index in [1.165, 1.54) is 4.90 Å². The van der Waals surface area contributed by atoms with E-state index >= 15 is 8.78 Å². The zero-order valence-electron chi connectivity index (χ0n) is 25.3. The summed E-state index contributed by atoms with van der Waals surface area (Å²) in [6.07, 6.45) is -14.5. The van der Waals surface area contributed by atoms with Crippen molar-refractivity contribution >= 4 is 27.4 Å². The molecule has 3 aliphatic rings. The van der Waals surface area contributed by atoms with Gasteiger partial charge in [0, 0.05) is 30.9 Å². The van der Waals surface area contributed by atoms with Gasteiger partial charge in [0.2, 0.25) is 0 Å². The monoisotopic (exact) mass is 714 g/mol. The van der Waals surface area contributed by atoms with Crippen LogP contribution in [0.25, 0.3) is 0 Å². The fourth-order valence-electron chi connectivity index (χ4n) is 7.38. The Morgan fingerprint density at radius 1 is 0.938 bits per heavy atom. The molecule has 2 unspecified atom stereocenters. The number of hydrogen-bond donors (Lipinski definition) is 1. The highest BCUT2D eigenvalue weighted by atomic mass is 32.2. The van der Waals surface area contributed by atoms with Gasteiger partial charge in [-0.1, -0.05) is 19.1 Å². The number of aliphatic carboxylic acids is 1. The number of carboxylic acids is 1. The molecule has 2 aromatic carbocycles.